The van der Waals surface area contributed by atoms with Crippen LogP contribution in [0.1, 0.15) is 41.6 Å². The maximum Gasteiger partial charge on any atom is 0.308 e. The van der Waals surface area contributed by atoms with Gasteiger partial charge in [0.15, 0.2) is 0 Å². The Bertz CT molecular complexity index is 1020. The van der Waals surface area contributed by atoms with Crippen LogP contribution in [-0.2, 0) is 16.6 Å². The molecule has 1 aliphatic carbocycles. The van der Waals surface area contributed by atoms with Crippen molar-refractivity contribution in [1.29, 1.82) is 5.41 Å². The van der Waals surface area contributed by atoms with Gasteiger partial charge in [0.05, 0.1) is 13.0 Å². The second kappa shape index (κ2) is 10.3. The molecule has 1 aliphatic rings. The Morgan fingerprint density at radius 3 is 2.29 bits per heavy atom. The zero-order valence-electron chi connectivity index (χ0n) is 17.5. The molecule has 9 heteroatoms. The summed E-state index contributed by atoms with van der Waals surface area (Å²) < 4.78 is 6.18. The highest BCUT2D eigenvalue weighted by atomic mass is 35.5. The van der Waals surface area contributed by atoms with Crippen LogP contribution in [0.15, 0.2) is 41.3 Å². The van der Waals surface area contributed by atoms with Gasteiger partial charge in [0.25, 0.3) is 11.5 Å². The molecule has 1 aromatic heterocycles. The summed E-state index contributed by atoms with van der Waals surface area (Å²) in [4.78, 5) is 37.0. The number of amidine groups is 1. The van der Waals surface area contributed by atoms with Gasteiger partial charge in [-0.2, -0.15) is 0 Å². The number of nitrogens with one attached hydrogen (secondary N) is 2. The minimum absolute atomic E-state index is 0. The van der Waals surface area contributed by atoms with Gasteiger partial charge >= 0.3 is 5.97 Å². The van der Waals surface area contributed by atoms with Crippen molar-refractivity contribution in [3.8, 4) is 11.1 Å². The molecule has 1 saturated carbocycles. The molecule has 4 N–H and O–H groups in total. The molecule has 0 unspecified atom stereocenters. The number of aromatic nitrogens is 1. The van der Waals surface area contributed by atoms with E-state index in [-0.39, 0.29) is 47.3 Å². The van der Waals surface area contributed by atoms with E-state index >= 15 is 0 Å². The lowest BCUT2D eigenvalue weighted by atomic mass is 9.86. The van der Waals surface area contributed by atoms with Crippen LogP contribution in [0, 0.1) is 11.3 Å². The largest absolute Gasteiger partial charge is 0.469 e. The zero-order chi connectivity index (χ0) is 21.8. The van der Waals surface area contributed by atoms with Gasteiger partial charge in [0.2, 0.25) is 0 Å². The Morgan fingerprint density at radius 1 is 1.13 bits per heavy atom. The van der Waals surface area contributed by atoms with Crippen LogP contribution >= 0.6 is 12.4 Å². The Labute approximate surface area is 186 Å². The predicted octanol–water partition coefficient (Wildman–Crippen LogP) is 2.22. The molecule has 0 atom stereocenters. The fourth-order valence-corrected chi connectivity index (χ4v) is 3.78. The number of amides is 1. The fourth-order valence-electron chi connectivity index (χ4n) is 3.78. The number of esters is 1. The first-order valence-electron chi connectivity index (χ1n) is 9.84. The second-order valence-corrected chi connectivity index (χ2v) is 7.59. The van der Waals surface area contributed by atoms with E-state index < -0.39 is 5.91 Å². The van der Waals surface area contributed by atoms with Crippen molar-refractivity contribution in [2.45, 2.75) is 31.7 Å². The van der Waals surface area contributed by atoms with Crippen molar-refractivity contribution in [2.24, 2.45) is 18.7 Å². The molecule has 1 heterocycles. The number of methoxy groups -OCH3 is 1. The molecule has 0 aliphatic heterocycles. The maximum atomic E-state index is 12.8. The third kappa shape index (κ3) is 5.52. The number of hydrogen-bond acceptors (Lipinski definition) is 5. The van der Waals surface area contributed by atoms with Crippen molar-refractivity contribution in [3.05, 3.63) is 58.0 Å². The van der Waals surface area contributed by atoms with E-state index in [1.165, 1.54) is 11.7 Å². The number of benzene rings is 1. The Balaban J connectivity index is 0.00000341. The Morgan fingerprint density at radius 2 is 1.74 bits per heavy atom. The van der Waals surface area contributed by atoms with Crippen LogP contribution in [0.2, 0.25) is 0 Å². The van der Waals surface area contributed by atoms with E-state index in [1.807, 2.05) is 0 Å². The molecule has 0 bridgehead atoms. The first-order valence-corrected chi connectivity index (χ1v) is 9.84. The van der Waals surface area contributed by atoms with E-state index in [4.69, 9.17) is 15.9 Å². The number of nitrogens with zero attached hydrogens (tertiary/aromatic N) is 1. The summed E-state index contributed by atoms with van der Waals surface area (Å²) in [5.41, 5.74) is 7.31. The zero-order valence-corrected chi connectivity index (χ0v) is 18.3. The molecule has 2 aromatic rings. The van der Waals surface area contributed by atoms with Crippen LogP contribution < -0.4 is 16.6 Å². The van der Waals surface area contributed by atoms with E-state index in [1.54, 1.807) is 43.6 Å². The number of hydrogen-bond donors (Lipinski definition) is 3. The number of aryl methyl sites for hydroxylation is 1. The van der Waals surface area contributed by atoms with Gasteiger partial charge in [-0.25, -0.2) is 0 Å². The summed E-state index contributed by atoms with van der Waals surface area (Å²) in [7, 11) is 2.99. The monoisotopic (exact) mass is 446 g/mol. The summed E-state index contributed by atoms with van der Waals surface area (Å²) >= 11 is 0. The van der Waals surface area contributed by atoms with E-state index in [0.29, 0.717) is 36.8 Å². The number of halogens is 1. The number of ether oxygens (including phenoxy) is 1. The lowest BCUT2D eigenvalue weighted by Crippen LogP contribution is -2.41. The predicted molar refractivity (Wildman–Crippen MR) is 121 cm³/mol. The Hall–Kier alpha value is -3.13. The number of carbonyl (C=O) groups excluding carboxylic acids is 2. The molecule has 3 rings (SSSR count). The second-order valence-electron chi connectivity index (χ2n) is 7.59. The van der Waals surface area contributed by atoms with Gasteiger partial charge in [0.1, 0.15) is 11.4 Å². The first kappa shape index (κ1) is 24.1. The number of rotatable bonds is 5. The number of pyridine rings is 1. The van der Waals surface area contributed by atoms with Crippen molar-refractivity contribution < 1.29 is 14.3 Å². The third-order valence-electron chi connectivity index (χ3n) is 5.55. The van der Waals surface area contributed by atoms with Crippen molar-refractivity contribution in [2.75, 3.05) is 7.11 Å². The highest BCUT2D eigenvalue weighted by Gasteiger charge is 2.28. The lowest BCUT2D eigenvalue weighted by Gasteiger charge is -2.27. The normalized spacial score (nSPS) is 17.9. The molecular formula is C22H27ClN4O4. The highest BCUT2D eigenvalue weighted by Crippen LogP contribution is 2.25. The molecule has 0 saturated heterocycles. The highest BCUT2D eigenvalue weighted by molar-refractivity contribution is 5.96. The lowest BCUT2D eigenvalue weighted by molar-refractivity contribution is -0.146. The molecule has 1 aromatic carbocycles. The molecule has 166 valence electrons. The average Bonchev–Trinajstić information content (AvgIpc) is 2.75. The van der Waals surface area contributed by atoms with E-state index in [9.17, 15) is 14.4 Å². The number of nitrogen functional groups attached to an aromatic ring is 1. The van der Waals surface area contributed by atoms with Crippen molar-refractivity contribution >= 4 is 30.1 Å². The Kier molecular flexibility index (Phi) is 7.99. The molecular weight excluding hydrogens is 420 g/mol. The van der Waals surface area contributed by atoms with Gasteiger partial charge in [-0.05, 0) is 42.9 Å². The van der Waals surface area contributed by atoms with E-state index in [2.05, 4.69) is 5.32 Å². The van der Waals surface area contributed by atoms with Gasteiger partial charge in [-0.1, -0.05) is 24.3 Å². The van der Waals surface area contributed by atoms with Crippen LogP contribution in [0.4, 0.5) is 0 Å². The molecule has 8 nitrogen and oxygen atoms in total. The molecule has 31 heavy (non-hydrogen) atoms. The topological polar surface area (TPSA) is 127 Å². The average molecular weight is 447 g/mol. The molecule has 1 amide bonds. The summed E-state index contributed by atoms with van der Waals surface area (Å²) in [5, 5.41) is 10.4. The van der Waals surface area contributed by atoms with Crippen LogP contribution in [0.5, 0.6) is 0 Å². The van der Waals surface area contributed by atoms with Gasteiger partial charge in [0, 0.05) is 24.8 Å². The minimum Gasteiger partial charge on any atom is -0.469 e. The quantitative estimate of drug-likeness (QED) is 0.368. The minimum atomic E-state index is -0.417. The van der Waals surface area contributed by atoms with Gasteiger partial charge in [-0.15, -0.1) is 12.4 Å². The number of carbonyl (C=O) groups is 2. The maximum absolute atomic E-state index is 12.8. The molecule has 0 radical (unpaired) electrons. The van der Waals surface area contributed by atoms with Crippen molar-refractivity contribution in [3.63, 3.8) is 0 Å². The molecule has 0 spiro atoms. The summed E-state index contributed by atoms with van der Waals surface area (Å²) in [6.07, 6.45) is 4.30. The standard InChI is InChI=1S/C22H26N4O4.ClH/c1-26-12-16(13-3-5-14(6-4-13)19(23)24)11-18(21(26)28)20(27)25-17-9-7-15(8-10-17)22(29)30-2;/h3-6,11-12,15,17H,7-10H2,1-2H3,(H3,23,24)(H,25,27);1H/t15-,17-;. The molecule has 1 fully saturated rings. The fraction of sp³-hybridized carbons (Fsp3) is 0.364. The first-order chi connectivity index (χ1) is 14.3. The van der Waals surface area contributed by atoms with Crippen LogP contribution in [0.3, 0.4) is 0 Å². The van der Waals surface area contributed by atoms with Gasteiger partial charge in [-0.3, -0.25) is 19.8 Å². The summed E-state index contributed by atoms with van der Waals surface area (Å²) in [6, 6.07) is 8.55. The number of nitrogens with two attached hydrogens (primary N) is 1. The van der Waals surface area contributed by atoms with Crippen molar-refractivity contribution in [1.82, 2.24) is 9.88 Å². The summed E-state index contributed by atoms with van der Waals surface area (Å²) in [5.74, 6) is -0.780. The third-order valence-corrected chi connectivity index (χ3v) is 5.55. The summed E-state index contributed by atoms with van der Waals surface area (Å²) in [6.45, 7) is 0. The smallest absolute Gasteiger partial charge is 0.308 e. The SMILES string of the molecule is COC(=O)[C@H]1CC[C@H](NC(=O)c2cc(-c3ccc(C(=N)N)cc3)cn(C)c2=O)CC1.Cl. The van der Waals surface area contributed by atoms with Gasteiger partial charge < -0.3 is 20.4 Å². The van der Waals surface area contributed by atoms with Crippen LogP contribution in [-0.4, -0.2) is 35.4 Å². The van der Waals surface area contributed by atoms with E-state index in [0.717, 1.165) is 5.56 Å². The van der Waals surface area contributed by atoms with Crippen LogP contribution in [0.25, 0.3) is 11.1 Å².